The van der Waals surface area contributed by atoms with Crippen LogP contribution in [-0.2, 0) is 0 Å². The summed E-state index contributed by atoms with van der Waals surface area (Å²) in [6, 6.07) is 60.1. The van der Waals surface area contributed by atoms with Crippen molar-refractivity contribution in [2.75, 3.05) is 0 Å². The molecule has 0 saturated carbocycles. The first-order valence-electron chi connectivity index (χ1n) is 20.3. The molecule has 10 rings (SSSR count). The molecule has 0 bridgehead atoms. The van der Waals surface area contributed by atoms with Gasteiger partial charge in [-0.2, -0.15) is 0 Å². The van der Waals surface area contributed by atoms with Gasteiger partial charge in [0.1, 0.15) is 5.82 Å². The maximum atomic E-state index is 14.9. The molecule has 2 aromatic heterocycles. The molecule has 0 aliphatic rings. The molecule has 0 unspecified atom stereocenters. The zero-order chi connectivity index (χ0) is 40.9. The molecule has 2 heterocycles. The average molecular weight is 777 g/mol. The van der Waals surface area contributed by atoms with Gasteiger partial charge in [-0.1, -0.05) is 162 Å². The van der Waals surface area contributed by atoms with Gasteiger partial charge in [0, 0.05) is 27.5 Å². The van der Waals surface area contributed by atoms with Crippen LogP contribution in [0.2, 0.25) is 0 Å². The topological polar surface area (TPSA) is 43.6 Å². The van der Waals surface area contributed by atoms with E-state index < -0.39 is 0 Å². The number of benzene rings is 8. The van der Waals surface area contributed by atoms with Crippen LogP contribution in [0.3, 0.4) is 0 Å². The summed E-state index contributed by atoms with van der Waals surface area (Å²) < 4.78 is 17.2. The molecule has 0 fully saturated rings. The van der Waals surface area contributed by atoms with E-state index in [0.29, 0.717) is 17.5 Å². The Morgan fingerprint density at radius 2 is 0.783 bits per heavy atom. The fraction of sp³-hybridized carbons (Fsp3) is 0.0727. The molecule has 0 radical (unpaired) electrons. The second-order valence-electron chi connectivity index (χ2n) is 15.8. The van der Waals surface area contributed by atoms with Gasteiger partial charge in [-0.05, 0) is 97.5 Å². The van der Waals surface area contributed by atoms with Crippen LogP contribution < -0.4 is 0 Å². The van der Waals surface area contributed by atoms with Crippen LogP contribution >= 0.6 is 0 Å². The summed E-state index contributed by atoms with van der Waals surface area (Å²) in [4.78, 5) is 15.5. The third-order valence-electron chi connectivity index (χ3n) is 11.2. The second kappa shape index (κ2) is 15.0. The van der Waals surface area contributed by atoms with E-state index in [-0.39, 0.29) is 5.82 Å². The number of fused-ring (bicyclic) bond motifs is 3. The van der Waals surface area contributed by atoms with Gasteiger partial charge in [0.15, 0.2) is 17.5 Å². The van der Waals surface area contributed by atoms with Crippen molar-refractivity contribution in [1.29, 1.82) is 0 Å². The van der Waals surface area contributed by atoms with E-state index in [4.69, 9.17) is 15.0 Å². The lowest BCUT2D eigenvalue weighted by molar-refractivity contribution is 0.628. The van der Waals surface area contributed by atoms with E-state index in [1.165, 1.54) is 28.3 Å². The van der Waals surface area contributed by atoms with E-state index in [9.17, 15) is 4.39 Å². The fourth-order valence-corrected chi connectivity index (χ4v) is 8.60. The van der Waals surface area contributed by atoms with Gasteiger partial charge in [-0.15, -0.1) is 0 Å². The molecule has 0 N–H and O–H groups in total. The van der Waals surface area contributed by atoms with Crippen molar-refractivity contribution in [2.24, 2.45) is 0 Å². The number of aromatic nitrogens is 4. The summed E-state index contributed by atoms with van der Waals surface area (Å²) in [6.07, 6.45) is 0. The summed E-state index contributed by atoms with van der Waals surface area (Å²) >= 11 is 0. The first-order valence-corrected chi connectivity index (χ1v) is 20.3. The molecule has 0 spiro atoms. The van der Waals surface area contributed by atoms with Crippen molar-refractivity contribution in [3.05, 3.63) is 204 Å². The zero-order valence-corrected chi connectivity index (χ0v) is 33.9. The van der Waals surface area contributed by atoms with Crippen LogP contribution in [0.4, 0.5) is 4.39 Å². The first-order chi connectivity index (χ1) is 29.2. The quantitative estimate of drug-likeness (QED) is 0.162. The number of rotatable bonds is 7. The Morgan fingerprint density at radius 3 is 1.28 bits per heavy atom. The lowest BCUT2D eigenvalue weighted by Crippen LogP contribution is -2.04. The lowest BCUT2D eigenvalue weighted by atomic mass is 9.98. The highest BCUT2D eigenvalue weighted by Crippen LogP contribution is 2.41. The highest BCUT2D eigenvalue weighted by Gasteiger charge is 2.22. The summed E-state index contributed by atoms with van der Waals surface area (Å²) in [5.74, 6) is 1.41. The van der Waals surface area contributed by atoms with Crippen molar-refractivity contribution in [3.8, 4) is 73.2 Å². The predicted octanol–water partition coefficient (Wildman–Crippen LogP) is 14.3. The molecular formula is C55H41FN4. The van der Waals surface area contributed by atoms with Crippen molar-refractivity contribution < 1.29 is 4.39 Å². The second-order valence-corrected chi connectivity index (χ2v) is 15.8. The van der Waals surface area contributed by atoms with E-state index in [0.717, 1.165) is 77.6 Å². The number of halogens is 1. The first kappa shape index (κ1) is 36.8. The third-order valence-corrected chi connectivity index (χ3v) is 11.2. The smallest absolute Gasteiger partial charge is 0.166 e. The van der Waals surface area contributed by atoms with Crippen LogP contribution in [0.1, 0.15) is 22.3 Å². The van der Waals surface area contributed by atoms with Crippen LogP contribution in [0.5, 0.6) is 0 Å². The van der Waals surface area contributed by atoms with Gasteiger partial charge in [0.05, 0.1) is 16.7 Å². The van der Waals surface area contributed by atoms with Crippen molar-refractivity contribution in [2.45, 2.75) is 27.7 Å². The highest BCUT2D eigenvalue weighted by molar-refractivity contribution is 6.11. The van der Waals surface area contributed by atoms with Crippen molar-refractivity contribution in [1.82, 2.24) is 19.5 Å². The average Bonchev–Trinajstić information content (AvgIpc) is 3.59. The standard InChI is InChI=1S/C55H41FN4/c1-34-24-35(2)27-44(26-34)42-18-21-47-48-22-19-43(45-28-36(3)25-37(4)29-45)33-51(48)60(50(47)32-42)52-31-41(40-16-11-17-46(56)30-40)20-23-49(52)55-58-53(38-12-7-5-8-13-38)57-54(59-55)39-14-9-6-10-15-39/h5-33H,1-4H3. The third kappa shape index (κ3) is 6.94. The fourth-order valence-electron chi connectivity index (χ4n) is 8.60. The molecule has 0 amide bonds. The van der Waals surface area contributed by atoms with E-state index in [1.807, 2.05) is 72.8 Å². The number of hydrogen-bond donors (Lipinski definition) is 0. The monoisotopic (exact) mass is 776 g/mol. The maximum Gasteiger partial charge on any atom is 0.166 e. The Hall–Kier alpha value is -7.50. The zero-order valence-electron chi connectivity index (χ0n) is 33.9. The largest absolute Gasteiger partial charge is 0.308 e. The number of aryl methyl sites for hydroxylation is 4. The van der Waals surface area contributed by atoms with Crippen LogP contribution in [0.25, 0.3) is 95.0 Å². The molecule has 0 aliphatic carbocycles. The van der Waals surface area contributed by atoms with Gasteiger partial charge >= 0.3 is 0 Å². The lowest BCUT2D eigenvalue weighted by Gasteiger charge is -2.17. The molecule has 4 nitrogen and oxygen atoms in total. The number of nitrogens with zero attached hydrogens (tertiary/aromatic N) is 4. The van der Waals surface area contributed by atoms with E-state index in [1.54, 1.807) is 12.1 Å². The Bertz CT molecular complexity index is 3050. The Kier molecular flexibility index (Phi) is 9.22. The molecule has 5 heteroatoms. The highest BCUT2D eigenvalue weighted by atomic mass is 19.1. The molecular weight excluding hydrogens is 736 g/mol. The normalized spacial score (nSPS) is 11.4. The molecule has 0 saturated heterocycles. The molecule has 60 heavy (non-hydrogen) atoms. The van der Waals surface area contributed by atoms with Crippen LogP contribution in [0, 0.1) is 33.5 Å². The minimum Gasteiger partial charge on any atom is -0.308 e. The molecule has 288 valence electrons. The van der Waals surface area contributed by atoms with Gasteiger partial charge in [-0.3, -0.25) is 0 Å². The van der Waals surface area contributed by atoms with Crippen molar-refractivity contribution >= 4 is 21.8 Å². The Labute approximate surface area is 349 Å². The van der Waals surface area contributed by atoms with Crippen molar-refractivity contribution in [3.63, 3.8) is 0 Å². The van der Waals surface area contributed by atoms with Gasteiger partial charge < -0.3 is 4.57 Å². The Balaban J connectivity index is 1.32. The Morgan fingerprint density at radius 1 is 0.350 bits per heavy atom. The van der Waals surface area contributed by atoms with E-state index in [2.05, 4.69) is 117 Å². The molecule has 0 atom stereocenters. The summed E-state index contributed by atoms with van der Waals surface area (Å²) in [6.45, 7) is 8.58. The molecule has 8 aromatic carbocycles. The summed E-state index contributed by atoms with van der Waals surface area (Å²) in [5, 5.41) is 2.25. The number of hydrogen-bond acceptors (Lipinski definition) is 3. The SMILES string of the molecule is Cc1cc(C)cc(-c2ccc3c4ccc(-c5cc(C)cc(C)c5)cc4n(-c4cc(-c5cccc(F)c5)ccc4-c4nc(-c5ccccc5)nc(-c5ccccc5)n4)c3c2)c1. The van der Waals surface area contributed by atoms with Gasteiger partial charge in [0.2, 0.25) is 0 Å². The minimum atomic E-state index is -0.288. The van der Waals surface area contributed by atoms with Crippen LogP contribution in [0.15, 0.2) is 176 Å². The summed E-state index contributed by atoms with van der Waals surface area (Å²) in [7, 11) is 0. The van der Waals surface area contributed by atoms with Crippen LogP contribution in [-0.4, -0.2) is 19.5 Å². The predicted molar refractivity (Wildman–Crippen MR) is 246 cm³/mol. The van der Waals surface area contributed by atoms with Gasteiger partial charge in [-0.25, -0.2) is 19.3 Å². The minimum absolute atomic E-state index is 0.288. The molecule has 10 aromatic rings. The maximum absolute atomic E-state index is 14.9. The molecule has 0 aliphatic heterocycles. The van der Waals surface area contributed by atoms with E-state index >= 15 is 0 Å². The summed E-state index contributed by atoms with van der Waals surface area (Å²) in [5.41, 5.74) is 16.6. The van der Waals surface area contributed by atoms with Gasteiger partial charge in [0.25, 0.3) is 0 Å².